The first-order chi connectivity index (χ1) is 11.5. The van der Waals surface area contributed by atoms with Gasteiger partial charge in [-0.05, 0) is 36.4 Å². The van der Waals surface area contributed by atoms with Crippen molar-refractivity contribution in [1.29, 1.82) is 0 Å². The molecule has 0 radical (unpaired) electrons. The smallest absolute Gasteiger partial charge is 0.387 e. The number of rotatable bonds is 6. The van der Waals surface area contributed by atoms with Crippen LogP contribution < -0.4 is 10.1 Å². The van der Waals surface area contributed by atoms with Gasteiger partial charge in [-0.2, -0.15) is 8.78 Å². The zero-order valence-electron chi connectivity index (χ0n) is 12.2. The predicted octanol–water partition coefficient (Wildman–Crippen LogP) is 3.22. The monoisotopic (exact) mass is 339 g/mol. The van der Waals surface area contributed by atoms with Gasteiger partial charge in [-0.1, -0.05) is 12.1 Å². The molecule has 0 fully saturated rings. The number of anilines is 1. The fraction of sp³-hybridized carbons (Fsp3) is 0.125. The SMILES string of the molecule is O=C(COC(=O)c1ccc(F)cc1)Nc1ccccc1OC(F)F. The molecule has 2 rings (SSSR count). The molecule has 0 bridgehead atoms. The van der Waals surface area contributed by atoms with E-state index in [1.54, 1.807) is 0 Å². The molecule has 2 aromatic carbocycles. The first-order valence-corrected chi connectivity index (χ1v) is 6.72. The molecule has 1 amide bonds. The third-order valence-electron chi connectivity index (χ3n) is 2.79. The van der Waals surface area contributed by atoms with Crippen molar-refractivity contribution in [1.82, 2.24) is 0 Å². The summed E-state index contributed by atoms with van der Waals surface area (Å²) >= 11 is 0. The van der Waals surface area contributed by atoms with Crippen LogP contribution in [-0.2, 0) is 9.53 Å². The summed E-state index contributed by atoms with van der Waals surface area (Å²) < 4.78 is 46.3. The number of alkyl halides is 2. The number of carbonyl (C=O) groups is 2. The van der Waals surface area contributed by atoms with Gasteiger partial charge in [0, 0.05) is 0 Å². The number of nitrogens with one attached hydrogen (secondary N) is 1. The lowest BCUT2D eigenvalue weighted by molar-refractivity contribution is -0.119. The number of para-hydroxylation sites is 2. The topological polar surface area (TPSA) is 64.6 Å². The molecular formula is C16H12F3NO4. The number of benzene rings is 2. The molecule has 0 aliphatic carbocycles. The van der Waals surface area contributed by atoms with Crippen LogP contribution in [-0.4, -0.2) is 25.1 Å². The molecule has 126 valence electrons. The van der Waals surface area contributed by atoms with E-state index in [0.29, 0.717) is 0 Å². The number of hydrogen-bond acceptors (Lipinski definition) is 4. The molecule has 0 saturated heterocycles. The van der Waals surface area contributed by atoms with Gasteiger partial charge in [0.2, 0.25) is 0 Å². The van der Waals surface area contributed by atoms with Crippen molar-refractivity contribution >= 4 is 17.6 Å². The van der Waals surface area contributed by atoms with Gasteiger partial charge in [-0.3, -0.25) is 4.79 Å². The van der Waals surface area contributed by atoms with Gasteiger partial charge in [0.1, 0.15) is 11.6 Å². The van der Waals surface area contributed by atoms with Crippen molar-refractivity contribution in [3.05, 3.63) is 59.9 Å². The van der Waals surface area contributed by atoms with Crippen molar-refractivity contribution in [2.75, 3.05) is 11.9 Å². The Morgan fingerprint density at radius 3 is 2.38 bits per heavy atom. The minimum absolute atomic E-state index is 0.0145. The third kappa shape index (κ3) is 5.01. The predicted molar refractivity (Wildman–Crippen MR) is 78.4 cm³/mol. The van der Waals surface area contributed by atoms with Crippen molar-refractivity contribution < 1.29 is 32.2 Å². The molecular weight excluding hydrogens is 327 g/mol. The van der Waals surface area contributed by atoms with E-state index < -0.39 is 30.9 Å². The highest BCUT2D eigenvalue weighted by molar-refractivity contribution is 5.96. The summed E-state index contributed by atoms with van der Waals surface area (Å²) in [7, 11) is 0. The standard InChI is InChI=1S/C16H12F3NO4/c17-11-7-5-10(6-8-11)15(22)23-9-14(21)20-12-3-1-2-4-13(12)24-16(18)19/h1-8,16H,9H2,(H,20,21). The van der Waals surface area contributed by atoms with E-state index in [-0.39, 0.29) is 17.0 Å². The molecule has 0 unspecified atom stereocenters. The Balaban J connectivity index is 1.92. The number of esters is 1. The molecule has 0 heterocycles. The van der Waals surface area contributed by atoms with E-state index in [1.165, 1.54) is 36.4 Å². The summed E-state index contributed by atoms with van der Waals surface area (Å²) in [5.74, 6) is -2.29. The zero-order valence-corrected chi connectivity index (χ0v) is 12.2. The Labute approximate surface area is 135 Å². The molecule has 0 saturated carbocycles. The van der Waals surface area contributed by atoms with Crippen LogP contribution >= 0.6 is 0 Å². The maximum absolute atomic E-state index is 12.8. The second-order valence-corrected chi connectivity index (χ2v) is 4.51. The van der Waals surface area contributed by atoms with Gasteiger partial charge in [-0.15, -0.1) is 0 Å². The average molecular weight is 339 g/mol. The van der Waals surface area contributed by atoms with E-state index in [4.69, 9.17) is 4.74 Å². The Morgan fingerprint density at radius 2 is 1.71 bits per heavy atom. The molecule has 1 N–H and O–H groups in total. The molecule has 24 heavy (non-hydrogen) atoms. The number of halogens is 3. The first kappa shape index (κ1) is 17.3. The summed E-state index contributed by atoms with van der Waals surface area (Å²) in [6.07, 6.45) is 0. The van der Waals surface area contributed by atoms with E-state index in [0.717, 1.165) is 12.1 Å². The van der Waals surface area contributed by atoms with Crippen LogP contribution in [0.2, 0.25) is 0 Å². The van der Waals surface area contributed by atoms with Gasteiger partial charge in [0.05, 0.1) is 11.3 Å². The highest BCUT2D eigenvalue weighted by Crippen LogP contribution is 2.25. The van der Waals surface area contributed by atoms with E-state index in [2.05, 4.69) is 10.1 Å². The molecule has 8 heteroatoms. The van der Waals surface area contributed by atoms with Crippen LogP contribution in [0.25, 0.3) is 0 Å². The molecule has 0 aromatic heterocycles. The number of hydrogen-bond donors (Lipinski definition) is 1. The van der Waals surface area contributed by atoms with Gasteiger partial charge in [-0.25, -0.2) is 9.18 Å². The van der Waals surface area contributed by atoms with Gasteiger partial charge < -0.3 is 14.8 Å². The van der Waals surface area contributed by atoms with Crippen LogP contribution in [0.3, 0.4) is 0 Å². The maximum Gasteiger partial charge on any atom is 0.387 e. The van der Waals surface area contributed by atoms with Gasteiger partial charge in [0.25, 0.3) is 5.91 Å². The second kappa shape index (κ2) is 8.00. The van der Waals surface area contributed by atoms with Crippen LogP contribution in [0.5, 0.6) is 5.75 Å². The fourth-order valence-electron chi connectivity index (χ4n) is 1.76. The minimum atomic E-state index is -3.04. The number of amides is 1. The lowest BCUT2D eigenvalue weighted by atomic mass is 10.2. The highest BCUT2D eigenvalue weighted by Gasteiger charge is 2.14. The lowest BCUT2D eigenvalue weighted by Gasteiger charge is -2.11. The zero-order chi connectivity index (χ0) is 17.5. The Bertz CT molecular complexity index is 720. The van der Waals surface area contributed by atoms with E-state index in [1.807, 2.05) is 0 Å². The number of carbonyl (C=O) groups excluding carboxylic acids is 2. The third-order valence-corrected chi connectivity index (χ3v) is 2.79. The second-order valence-electron chi connectivity index (χ2n) is 4.51. The van der Waals surface area contributed by atoms with E-state index >= 15 is 0 Å². The normalized spacial score (nSPS) is 10.3. The Kier molecular flexibility index (Phi) is 5.78. The molecule has 2 aromatic rings. The molecule has 0 spiro atoms. The number of ether oxygens (including phenoxy) is 2. The fourth-order valence-corrected chi connectivity index (χ4v) is 1.76. The quantitative estimate of drug-likeness (QED) is 0.821. The van der Waals surface area contributed by atoms with Gasteiger partial charge >= 0.3 is 12.6 Å². The Morgan fingerprint density at radius 1 is 1.04 bits per heavy atom. The average Bonchev–Trinajstić information content (AvgIpc) is 2.54. The summed E-state index contributed by atoms with van der Waals surface area (Å²) in [4.78, 5) is 23.4. The van der Waals surface area contributed by atoms with Crippen LogP contribution in [0, 0.1) is 5.82 Å². The largest absolute Gasteiger partial charge is 0.452 e. The summed E-state index contributed by atoms with van der Waals surface area (Å²) in [5.41, 5.74) is 0.0891. The molecule has 0 atom stereocenters. The lowest BCUT2D eigenvalue weighted by Crippen LogP contribution is -2.21. The molecule has 0 aliphatic rings. The van der Waals surface area contributed by atoms with Crippen molar-refractivity contribution in [2.45, 2.75) is 6.61 Å². The first-order valence-electron chi connectivity index (χ1n) is 6.72. The summed E-state index contributed by atoms with van der Waals surface area (Å²) in [5, 5.41) is 2.30. The highest BCUT2D eigenvalue weighted by atomic mass is 19.3. The molecule has 0 aliphatic heterocycles. The molecule has 5 nitrogen and oxygen atoms in total. The minimum Gasteiger partial charge on any atom is -0.452 e. The van der Waals surface area contributed by atoms with Crippen molar-refractivity contribution in [3.63, 3.8) is 0 Å². The van der Waals surface area contributed by atoms with Gasteiger partial charge in [0.15, 0.2) is 6.61 Å². The van der Waals surface area contributed by atoms with E-state index in [9.17, 15) is 22.8 Å². The van der Waals surface area contributed by atoms with Crippen LogP contribution in [0.4, 0.5) is 18.9 Å². The van der Waals surface area contributed by atoms with Crippen molar-refractivity contribution in [3.8, 4) is 5.75 Å². The van der Waals surface area contributed by atoms with Crippen LogP contribution in [0.1, 0.15) is 10.4 Å². The van der Waals surface area contributed by atoms with Crippen molar-refractivity contribution in [2.24, 2.45) is 0 Å². The van der Waals surface area contributed by atoms with Crippen LogP contribution in [0.15, 0.2) is 48.5 Å². The summed E-state index contributed by atoms with van der Waals surface area (Å²) in [6, 6.07) is 10.2. The summed E-state index contributed by atoms with van der Waals surface area (Å²) in [6.45, 7) is -3.68. The maximum atomic E-state index is 12.8. The Hall–Kier alpha value is -3.03.